The van der Waals surface area contributed by atoms with Crippen LogP contribution in [0.1, 0.15) is 38.2 Å². The summed E-state index contributed by atoms with van der Waals surface area (Å²) in [5.74, 6) is 0.290. The Labute approximate surface area is 120 Å². The van der Waals surface area contributed by atoms with Gasteiger partial charge in [-0.2, -0.15) is 0 Å². The van der Waals surface area contributed by atoms with Gasteiger partial charge in [0.05, 0.1) is 21.3 Å². The highest BCUT2D eigenvalue weighted by molar-refractivity contribution is 5.69. The fraction of sp³-hybridized carbons (Fsp3) is 0.600. The molecule has 0 aliphatic rings. The summed E-state index contributed by atoms with van der Waals surface area (Å²) in [6.07, 6.45) is 4.87. The summed E-state index contributed by atoms with van der Waals surface area (Å²) < 4.78 is 15.6. The van der Waals surface area contributed by atoms with E-state index in [1.165, 1.54) is 21.3 Å². The molecule has 0 aliphatic heterocycles. The molecule has 0 aromatic heterocycles. The number of hydrogen-bond acceptors (Lipinski definition) is 5. The van der Waals surface area contributed by atoms with E-state index in [9.17, 15) is 10.2 Å². The monoisotopic (exact) mass is 284 g/mol. The predicted molar refractivity (Wildman–Crippen MR) is 77.3 cm³/mol. The van der Waals surface area contributed by atoms with Crippen molar-refractivity contribution in [3.8, 4) is 28.7 Å². The Bertz CT molecular complexity index is 443. The van der Waals surface area contributed by atoms with Gasteiger partial charge >= 0.3 is 0 Å². The molecule has 114 valence electrons. The highest BCUT2D eigenvalue weighted by atomic mass is 16.5. The van der Waals surface area contributed by atoms with E-state index in [1.54, 1.807) is 0 Å². The van der Waals surface area contributed by atoms with Gasteiger partial charge in [0.2, 0.25) is 17.2 Å². The molecule has 0 saturated carbocycles. The zero-order chi connectivity index (χ0) is 15.1. The van der Waals surface area contributed by atoms with Crippen LogP contribution in [0.4, 0.5) is 0 Å². The van der Waals surface area contributed by atoms with Crippen LogP contribution in [0.5, 0.6) is 28.7 Å². The Morgan fingerprint density at radius 1 is 0.750 bits per heavy atom. The normalized spacial score (nSPS) is 10.4. The van der Waals surface area contributed by atoms with E-state index in [1.807, 2.05) is 0 Å². The third-order valence-electron chi connectivity index (χ3n) is 3.30. The summed E-state index contributed by atoms with van der Waals surface area (Å²) in [6.45, 7) is 2.14. The molecule has 1 aromatic rings. The Morgan fingerprint density at radius 3 is 1.85 bits per heavy atom. The van der Waals surface area contributed by atoms with Gasteiger partial charge in [-0.15, -0.1) is 0 Å². The lowest BCUT2D eigenvalue weighted by Gasteiger charge is -2.18. The topological polar surface area (TPSA) is 68.2 Å². The molecule has 0 spiro atoms. The van der Waals surface area contributed by atoms with Crippen LogP contribution in [0.2, 0.25) is 0 Å². The Hall–Kier alpha value is -1.78. The molecule has 0 fully saturated rings. The van der Waals surface area contributed by atoms with E-state index in [0.29, 0.717) is 23.5 Å². The van der Waals surface area contributed by atoms with Crippen LogP contribution in [0.15, 0.2) is 0 Å². The predicted octanol–water partition coefficient (Wildman–Crippen LogP) is 3.25. The fourth-order valence-electron chi connectivity index (χ4n) is 2.26. The third-order valence-corrected chi connectivity index (χ3v) is 3.30. The SMILES string of the molecule is CCCCCCc1c(O)c(O)c(OC)c(OC)c1OC. The summed E-state index contributed by atoms with van der Waals surface area (Å²) in [7, 11) is 4.37. The standard InChI is InChI=1S/C15H24O5/c1-5-6-7-8-9-10-11(16)12(17)14(19-3)15(20-4)13(10)18-2/h16-17H,5-9H2,1-4H3. The van der Waals surface area contributed by atoms with Crippen molar-refractivity contribution in [2.75, 3.05) is 21.3 Å². The first-order valence-corrected chi connectivity index (χ1v) is 6.84. The van der Waals surface area contributed by atoms with Gasteiger partial charge in [-0.05, 0) is 12.8 Å². The van der Waals surface area contributed by atoms with E-state index in [-0.39, 0.29) is 17.2 Å². The smallest absolute Gasteiger partial charge is 0.211 e. The van der Waals surface area contributed by atoms with Gasteiger partial charge in [-0.1, -0.05) is 26.2 Å². The number of hydrogen-bond donors (Lipinski definition) is 2. The molecule has 5 nitrogen and oxygen atoms in total. The van der Waals surface area contributed by atoms with Crippen LogP contribution in [-0.2, 0) is 6.42 Å². The summed E-state index contributed by atoms with van der Waals surface area (Å²) in [6, 6.07) is 0. The van der Waals surface area contributed by atoms with Crippen LogP contribution in [0.3, 0.4) is 0 Å². The van der Waals surface area contributed by atoms with Crippen molar-refractivity contribution in [2.24, 2.45) is 0 Å². The lowest BCUT2D eigenvalue weighted by atomic mass is 10.0. The van der Waals surface area contributed by atoms with Crippen molar-refractivity contribution >= 4 is 0 Å². The van der Waals surface area contributed by atoms with Gasteiger partial charge in [0.15, 0.2) is 11.5 Å². The van der Waals surface area contributed by atoms with Crippen LogP contribution in [0, 0.1) is 0 Å². The molecular weight excluding hydrogens is 260 g/mol. The maximum absolute atomic E-state index is 10.1. The minimum Gasteiger partial charge on any atom is -0.504 e. The molecule has 20 heavy (non-hydrogen) atoms. The van der Waals surface area contributed by atoms with E-state index in [2.05, 4.69) is 6.92 Å². The van der Waals surface area contributed by atoms with Crippen LogP contribution < -0.4 is 14.2 Å². The van der Waals surface area contributed by atoms with Crippen LogP contribution >= 0.6 is 0 Å². The first-order chi connectivity index (χ1) is 9.62. The quantitative estimate of drug-likeness (QED) is 0.566. The zero-order valence-electron chi connectivity index (χ0n) is 12.7. The van der Waals surface area contributed by atoms with Gasteiger partial charge in [0.25, 0.3) is 0 Å². The third kappa shape index (κ3) is 3.21. The molecule has 0 unspecified atom stereocenters. The minimum absolute atomic E-state index is 0.0826. The number of ether oxygens (including phenoxy) is 3. The second-order valence-electron chi connectivity index (χ2n) is 4.59. The Morgan fingerprint density at radius 2 is 1.35 bits per heavy atom. The lowest BCUT2D eigenvalue weighted by molar-refractivity contribution is 0.297. The average Bonchev–Trinajstić information content (AvgIpc) is 2.47. The van der Waals surface area contributed by atoms with Crippen molar-refractivity contribution in [3.05, 3.63) is 5.56 Å². The number of phenolic OH excluding ortho intramolecular Hbond substituents is 2. The number of benzene rings is 1. The number of methoxy groups -OCH3 is 3. The molecule has 1 aromatic carbocycles. The van der Waals surface area contributed by atoms with E-state index in [4.69, 9.17) is 14.2 Å². The molecule has 0 saturated heterocycles. The molecule has 0 aliphatic carbocycles. The molecule has 0 amide bonds. The molecule has 0 heterocycles. The summed E-state index contributed by atoms with van der Waals surface area (Å²) in [4.78, 5) is 0. The minimum atomic E-state index is -0.310. The van der Waals surface area contributed by atoms with Crippen molar-refractivity contribution in [2.45, 2.75) is 39.0 Å². The van der Waals surface area contributed by atoms with Gasteiger partial charge in [-0.25, -0.2) is 0 Å². The molecular formula is C15H24O5. The Kier molecular flexibility index (Phi) is 6.28. The molecule has 0 radical (unpaired) electrons. The van der Waals surface area contributed by atoms with Gasteiger partial charge in [0, 0.05) is 5.56 Å². The highest BCUT2D eigenvalue weighted by Crippen LogP contribution is 2.52. The summed E-state index contributed by atoms with van der Waals surface area (Å²) >= 11 is 0. The molecule has 5 heteroatoms. The second-order valence-corrected chi connectivity index (χ2v) is 4.59. The number of aromatic hydroxyl groups is 2. The first kappa shape index (κ1) is 16.3. The van der Waals surface area contributed by atoms with Gasteiger partial charge in [-0.3, -0.25) is 0 Å². The van der Waals surface area contributed by atoms with E-state index >= 15 is 0 Å². The molecule has 1 rings (SSSR count). The largest absolute Gasteiger partial charge is 0.504 e. The van der Waals surface area contributed by atoms with Crippen molar-refractivity contribution in [1.29, 1.82) is 0 Å². The van der Waals surface area contributed by atoms with E-state index < -0.39 is 0 Å². The number of rotatable bonds is 8. The van der Waals surface area contributed by atoms with Crippen LogP contribution in [0.25, 0.3) is 0 Å². The number of phenols is 2. The zero-order valence-corrected chi connectivity index (χ0v) is 12.7. The average molecular weight is 284 g/mol. The highest BCUT2D eigenvalue weighted by Gasteiger charge is 2.25. The van der Waals surface area contributed by atoms with Crippen molar-refractivity contribution in [3.63, 3.8) is 0 Å². The summed E-state index contributed by atoms with van der Waals surface area (Å²) in [5.41, 5.74) is 0.554. The van der Waals surface area contributed by atoms with Crippen molar-refractivity contribution in [1.82, 2.24) is 0 Å². The lowest BCUT2D eigenvalue weighted by Crippen LogP contribution is -2.00. The second kappa shape index (κ2) is 7.72. The molecule has 0 atom stereocenters. The van der Waals surface area contributed by atoms with Crippen molar-refractivity contribution < 1.29 is 24.4 Å². The molecule has 2 N–H and O–H groups in total. The van der Waals surface area contributed by atoms with Gasteiger partial charge in [0.1, 0.15) is 0 Å². The fourth-order valence-corrected chi connectivity index (χ4v) is 2.26. The maximum Gasteiger partial charge on any atom is 0.211 e. The Balaban J connectivity index is 3.17. The summed E-state index contributed by atoms with van der Waals surface area (Å²) in [5, 5.41) is 20.1. The first-order valence-electron chi connectivity index (χ1n) is 6.84. The number of unbranched alkanes of at least 4 members (excludes halogenated alkanes) is 3. The van der Waals surface area contributed by atoms with Crippen LogP contribution in [-0.4, -0.2) is 31.5 Å². The molecule has 0 bridgehead atoms. The van der Waals surface area contributed by atoms with Gasteiger partial charge < -0.3 is 24.4 Å². The maximum atomic E-state index is 10.1. The van der Waals surface area contributed by atoms with E-state index in [0.717, 1.165) is 25.7 Å².